The van der Waals surface area contributed by atoms with Crippen molar-refractivity contribution in [2.24, 2.45) is 0 Å². The fraction of sp³-hybridized carbons (Fsp3) is 0.846. The van der Waals surface area contributed by atoms with Gasteiger partial charge in [0.05, 0.1) is 36.6 Å². The Bertz CT molecular complexity index is 268. The number of aliphatic hydroxyl groups excluding tert-OH is 2. The molecule has 2 aliphatic rings. The van der Waals surface area contributed by atoms with Crippen molar-refractivity contribution in [2.45, 2.75) is 69.2 Å². The highest BCUT2D eigenvalue weighted by molar-refractivity contribution is 4.94. The third-order valence-electron chi connectivity index (χ3n) is 3.72. The Balaban J connectivity index is 1.90. The van der Waals surface area contributed by atoms with Crippen LogP contribution in [0.1, 0.15) is 32.6 Å². The molecule has 4 nitrogen and oxygen atoms in total. The van der Waals surface area contributed by atoms with Gasteiger partial charge in [0.2, 0.25) is 0 Å². The van der Waals surface area contributed by atoms with E-state index in [0.717, 1.165) is 6.42 Å². The summed E-state index contributed by atoms with van der Waals surface area (Å²) in [6.07, 6.45) is 3.15. The first kappa shape index (κ1) is 13.0. The molecule has 0 amide bonds. The Morgan fingerprint density at radius 2 is 1.65 bits per heavy atom. The highest BCUT2D eigenvalue weighted by Gasteiger charge is 2.43. The fourth-order valence-corrected chi connectivity index (χ4v) is 2.75. The first-order valence-electron chi connectivity index (χ1n) is 6.43. The van der Waals surface area contributed by atoms with E-state index in [-0.39, 0.29) is 24.4 Å². The van der Waals surface area contributed by atoms with Crippen LogP contribution in [0.5, 0.6) is 0 Å². The molecule has 2 aliphatic heterocycles. The van der Waals surface area contributed by atoms with E-state index in [0.29, 0.717) is 19.3 Å². The van der Waals surface area contributed by atoms with Crippen molar-refractivity contribution >= 4 is 0 Å². The molecular weight excluding hydrogens is 220 g/mol. The molecule has 0 aromatic carbocycles. The Morgan fingerprint density at radius 3 is 2.12 bits per heavy atom. The summed E-state index contributed by atoms with van der Waals surface area (Å²) in [7, 11) is 0. The lowest BCUT2D eigenvalue weighted by atomic mass is 10.0. The van der Waals surface area contributed by atoms with Gasteiger partial charge in [0.25, 0.3) is 0 Å². The van der Waals surface area contributed by atoms with Crippen molar-refractivity contribution in [3.63, 3.8) is 0 Å². The second kappa shape index (κ2) is 5.48. The molecule has 2 fully saturated rings. The average molecular weight is 242 g/mol. The van der Waals surface area contributed by atoms with Crippen LogP contribution in [0.25, 0.3) is 0 Å². The second-order valence-corrected chi connectivity index (χ2v) is 4.96. The van der Waals surface area contributed by atoms with Crippen molar-refractivity contribution in [1.29, 1.82) is 0 Å². The van der Waals surface area contributed by atoms with E-state index < -0.39 is 12.2 Å². The van der Waals surface area contributed by atoms with Crippen molar-refractivity contribution in [2.75, 3.05) is 0 Å². The molecule has 0 saturated carbocycles. The minimum absolute atomic E-state index is 0.0839. The average Bonchev–Trinajstić information content (AvgIpc) is 2.84. The Labute approximate surface area is 102 Å². The zero-order valence-electron chi connectivity index (χ0n) is 10.3. The van der Waals surface area contributed by atoms with E-state index in [1.165, 1.54) is 0 Å². The monoisotopic (exact) mass is 242 g/mol. The van der Waals surface area contributed by atoms with Crippen LogP contribution in [0, 0.1) is 0 Å². The fourth-order valence-electron chi connectivity index (χ4n) is 2.75. The summed E-state index contributed by atoms with van der Waals surface area (Å²) in [4.78, 5) is 0. The predicted molar refractivity (Wildman–Crippen MR) is 63.7 cm³/mol. The first-order chi connectivity index (χ1) is 8.15. The maximum absolute atomic E-state index is 9.85. The normalized spacial score (nSPS) is 46.3. The molecule has 0 bridgehead atoms. The first-order valence-corrected chi connectivity index (χ1v) is 6.43. The third kappa shape index (κ3) is 2.71. The standard InChI is InChI=1S/C13H22O4/c1-3-5-11-9(15)7-13(17-11)12-6-8(14)10(4-2)16-12/h3,8-15H,1,4-7H2,2H3/t8-,9-,10+,11-,12+,13-/m0/s1. The van der Waals surface area contributed by atoms with Gasteiger partial charge in [0.1, 0.15) is 0 Å². The van der Waals surface area contributed by atoms with E-state index in [9.17, 15) is 10.2 Å². The van der Waals surface area contributed by atoms with Crippen LogP contribution in [0.2, 0.25) is 0 Å². The van der Waals surface area contributed by atoms with Gasteiger partial charge in [-0.2, -0.15) is 0 Å². The van der Waals surface area contributed by atoms with Gasteiger partial charge in [-0.3, -0.25) is 0 Å². The van der Waals surface area contributed by atoms with Crippen molar-refractivity contribution in [1.82, 2.24) is 0 Å². The van der Waals surface area contributed by atoms with Gasteiger partial charge in [-0.25, -0.2) is 0 Å². The van der Waals surface area contributed by atoms with Crippen molar-refractivity contribution in [3.05, 3.63) is 12.7 Å². The molecule has 2 heterocycles. The van der Waals surface area contributed by atoms with Crippen molar-refractivity contribution < 1.29 is 19.7 Å². The zero-order chi connectivity index (χ0) is 12.4. The van der Waals surface area contributed by atoms with Crippen LogP contribution in [-0.2, 0) is 9.47 Å². The number of hydrogen-bond donors (Lipinski definition) is 2. The highest BCUT2D eigenvalue weighted by Crippen LogP contribution is 2.33. The summed E-state index contributed by atoms with van der Waals surface area (Å²) in [6, 6.07) is 0. The Kier molecular flexibility index (Phi) is 4.20. The van der Waals surface area contributed by atoms with Crippen LogP contribution in [0.4, 0.5) is 0 Å². The van der Waals surface area contributed by atoms with Gasteiger partial charge in [0, 0.05) is 12.8 Å². The molecule has 2 N–H and O–H groups in total. The lowest BCUT2D eigenvalue weighted by Gasteiger charge is -2.19. The smallest absolute Gasteiger partial charge is 0.0874 e. The van der Waals surface area contributed by atoms with Crippen LogP contribution in [0.15, 0.2) is 12.7 Å². The van der Waals surface area contributed by atoms with Crippen LogP contribution >= 0.6 is 0 Å². The number of ether oxygens (including phenoxy) is 2. The number of aliphatic hydroxyl groups is 2. The van der Waals surface area contributed by atoms with Gasteiger partial charge in [-0.05, 0) is 12.8 Å². The van der Waals surface area contributed by atoms with E-state index in [1.807, 2.05) is 6.92 Å². The molecule has 0 aromatic rings. The molecule has 0 aliphatic carbocycles. The van der Waals surface area contributed by atoms with Gasteiger partial charge >= 0.3 is 0 Å². The summed E-state index contributed by atoms with van der Waals surface area (Å²) in [5, 5.41) is 19.6. The number of hydrogen-bond acceptors (Lipinski definition) is 4. The quantitative estimate of drug-likeness (QED) is 0.722. The predicted octanol–water partition coefficient (Wildman–Crippen LogP) is 1.01. The summed E-state index contributed by atoms with van der Waals surface area (Å²) in [5.74, 6) is 0. The van der Waals surface area contributed by atoms with Gasteiger partial charge < -0.3 is 19.7 Å². The molecule has 0 unspecified atom stereocenters. The molecule has 0 aromatic heterocycles. The molecule has 17 heavy (non-hydrogen) atoms. The second-order valence-electron chi connectivity index (χ2n) is 4.96. The molecular formula is C13H22O4. The zero-order valence-corrected chi connectivity index (χ0v) is 10.3. The summed E-state index contributed by atoms with van der Waals surface area (Å²) >= 11 is 0. The van der Waals surface area contributed by atoms with Crippen LogP contribution in [0.3, 0.4) is 0 Å². The molecule has 2 saturated heterocycles. The maximum atomic E-state index is 9.85. The highest BCUT2D eigenvalue weighted by atomic mass is 16.6. The summed E-state index contributed by atoms with van der Waals surface area (Å²) in [6.45, 7) is 5.66. The topological polar surface area (TPSA) is 58.9 Å². The summed E-state index contributed by atoms with van der Waals surface area (Å²) in [5.41, 5.74) is 0. The van der Waals surface area contributed by atoms with Gasteiger partial charge in [-0.1, -0.05) is 13.0 Å². The van der Waals surface area contributed by atoms with Crippen LogP contribution < -0.4 is 0 Å². The van der Waals surface area contributed by atoms with E-state index in [4.69, 9.17) is 9.47 Å². The SMILES string of the molecule is C=CC[C@@H]1O[C@H]([C@H]2C[C@H](O)[C@@H](CC)O2)C[C@@H]1O. The molecule has 98 valence electrons. The number of rotatable bonds is 4. The molecule has 6 atom stereocenters. The van der Waals surface area contributed by atoms with Gasteiger partial charge in [0.15, 0.2) is 0 Å². The summed E-state index contributed by atoms with van der Waals surface area (Å²) < 4.78 is 11.6. The lowest BCUT2D eigenvalue weighted by molar-refractivity contribution is -0.0732. The molecule has 4 heteroatoms. The van der Waals surface area contributed by atoms with Crippen LogP contribution in [-0.4, -0.2) is 46.8 Å². The van der Waals surface area contributed by atoms with E-state index >= 15 is 0 Å². The van der Waals surface area contributed by atoms with E-state index in [1.54, 1.807) is 6.08 Å². The Hall–Kier alpha value is -0.420. The maximum Gasteiger partial charge on any atom is 0.0874 e. The molecule has 0 radical (unpaired) electrons. The van der Waals surface area contributed by atoms with Gasteiger partial charge in [-0.15, -0.1) is 6.58 Å². The largest absolute Gasteiger partial charge is 0.390 e. The lowest BCUT2D eigenvalue weighted by Crippen LogP contribution is -2.26. The van der Waals surface area contributed by atoms with Crippen molar-refractivity contribution in [3.8, 4) is 0 Å². The molecule has 2 rings (SSSR count). The minimum atomic E-state index is -0.445. The molecule has 0 spiro atoms. The Morgan fingerprint density at radius 1 is 1.12 bits per heavy atom. The van der Waals surface area contributed by atoms with E-state index in [2.05, 4.69) is 6.58 Å². The third-order valence-corrected chi connectivity index (χ3v) is 3.72. The minimum Gasteiger partial charge on any atom is -0.390 e.